The Morgan fingerprint density at radius 3 is 2.44 bits per heavy atom. The van der Waals surface area contributed by atoms with Gasteiger partial charge in [0.15, 0.2) is 0 Å². The molecule has 1 N–H and O–H groups in total. The van der Waals surface area contributed by atoms with Crippen LogP contribution in [0.2, 0.25) is 0 Å². The molecule has 0 bridgehead atoms. The first-order chi connectivity index (χ1) is 8.65. The number of halogens is 1. The summed E-state index contributed by atoms with van der Waals surface area (Å²) in [6, 6.07) is 7.85. The van der Waals surface area contributed by atoms with Crippen LogP contribution in [0.5, 0.6) is 0 Å². The number of rotatable bonds is 6. The molecule has 0 spiro atoms. The van der Waals surface area contributed by atoms with Crippen LogP contribution in [-0.4, -0.2) is 12.5 Å². The lowest BCUT2D eigenvalue weighted by Crippen LogP contribution is -2.27. The van der Waals surface area contributed by atoms with Crippen molar-refractivity contribution in [3.05, 3.63) is 40.4 Å². The second-order valence-corrected chi connectivity index (χ2v) is 5.23. The number of benzene rings is 1. The largest absolute Gasteiger partial charge is 0.352 e. The highest BCUT2D eigenvalue weighted by atomic mass is 79.9. The third kappa shape index (κ3) is 5.50. The smallest absolute Gasteiger partial charge is 0.244 e. The van der Waals surface area contributed by atoms with Gasteiger partial charge < -0.3 is 5.32 Å². The van der Waals surface area contributed by atoms with Crippen LogP contribution in [0.3, 0.4) is 0 Å². The molecule has 0 unspecified atom stereocenters. The number of amides is 1. The molecule has 0 aromatic heterocycles. The highest BCUT2D eigenvalue weighted by molar-refractivity contribution is 9.10. The Hall–Kier alpha value is -1.09. The van der Waals surface area contributed by atoms with E-state index in [-0.39, 0.29) is 5.91 Å². The molecule has 0 radical (unpaired) electrons. The van der Waals surface area contributed by atoms with Crippen molar-refractivity contribution in [1.29, 1.82) is 0 Å². The molecule has 1 aromatic carbocycles. The fourth-order valence-electron chi connectivity index (χ4n) is 1.63. The number of carbonyl (C=O) groups excluding carboxylic acids is 1. The van der Waals surface area contributed by atoms with Gasteiger partial charge in [-0.15, -0.1) is 0 Å². The van der Waals surface area contributed by atoms with Gasteiger partial charge in [0.2, 0.25) is 5.91 Å². The summed E-state index contributed by atoms with van der Waals surface area (Å²) in [6.07, 6.45) is 5.63. The standard InChI is InChI=1S/C15H20BrNO/c1-3-12(4-2)11-17-15(18)10-7-13-5-8-14(16)9-6-13/h5-10,12H,3-4,11H2,1-2H3,(H,17,18)/b10-7+. The van der Waals surface area contributed by atoms with Crippen LogP contribution >= 0.6 is 15.9 Å². The van der Waals surface area contributed by atoms with Gasteiger partial charge in [-0.3, -0.25) is 4.79 Å². The van der Waals surface area contributed by atoms with Crippen molar-refractivity contribution >= 4 is 27.9 Å². The van der Waals surface area contributed by atoms with E-state index in [0.717, 1.165) is 29.4 Å². The second-order valence-electron chi connectivity index (χ2n) is 4.31. The molecule has 0 saturated heterocycles. The molecule has 3 heteroatoms. The van der Waals surface area contributed by atoms with Crippen LogP contribution in [-0.2, 0) is 4.79 Å². The Morgan fingerprint density at radius 1 is 1.28 bits per heavy atom. The van der Waals surface area contributed by atoms with E-state index in [4.69, 9.17) is 0 Å². The van der Waals surface area contributed by atoms with Crippen molar-refractivity contribution in [3.63, 3.8) is 0 Å². The fourth-order valence-corrected chi connectivity index (χ4v) is 1.89. The zero-order valence-electron chi connectivity index (χ0n) is 10.9. The molecule has 0 aliphatic carbocycles. The predicted octanol–water partition coefficient (Wildman–Crippen LogP) is 4.01. The van der Waals surface area contributed by atoms with Crippen molar-refractivity contribution in [3.8, 4) is 0 Å². The van der Waals surface area contributed by atoms with Gasteiger partial charge in [0, 0.05) is 17.1 Å². The Morgan fingerprint density at radius 2 is 1.89 bits per heavy atom. The predicted molar refractivity (Wildman–Crippen MR) is 80.3 cm³/mol. The van der Waals surface area contributed by atoms with Crippen molar-refractivity contribution in [2.45, 2.75) is 26.7 Å². The molecule has 18 heavy (non-hydrogen) atoms. The van der Waals surface area contributed by atoms with Crippen molar-refractivity contribution in [1.82, 2.24) is 5.32 Å². The molecule has 0 saturated carbocycles. The van der Waals surface area contributed by atoms with E-state index in [2.05, 4.69) is 35.1 Å². The summed E-state index contributed by atoms with van der Waals surface area (Å²) >= 11 is 3.38. The molecule has 1 amide bonds. The van der Waals surface area contributed by atoms with Crippen LogP contribution in [0.25, 0.3) is 6.08 Å². The molecule has 0 fully saturated rings. The van der Waals surface area contributed by atoms with Gasteiger partial charge in [0.25, 0.3) is 0 Å². The van der Waals surface area contributed by atoms with Gasteiger partial charge in [-0.1, -0.05) is 54.8 Å². The Bertz CT molecular complexity index is 393. The van der Waals surface area contributed by atoms with E-state index in [1.54, 1.807) is 6.08 Å². The molecule has 98 valence electrons. The monoisotopic (exact) mass is 309 g/mol. The summed E-state index contributed by atoms with van der Waals surface area (Å²) in [7, 11) is 0. The van der Waals surface area contributed by atoms with Crippen molar-refractivity contribution in [2.24, 2.45) is 5.92 Å². The topological polar surface area (TPSA) is 29.1 Å². The van der Waals surface area contributed by atoms with Gasteiger partial charge in [0.05, 0.1) is 0 Å². The first kappa shape index (κ1) is 15.0. The Kier molecular flexibility index (Phi) is 6.73. The van der Waals surface area contributed by atoms with Crippen LogP contribution in [0.1, 0.15) is 32.3 Å². The van der Waals surface area contributed by atoms with E-state index < -0.39 is 0 Å². The van der Waals surface area contributed by atoms with Gasteiger partial charge in [0.1, 0.15) is 0 Å². The van der Waals surface area contributed by atoms with Crippen LogP contribution in [0.15, 0.2) is 34.8 Å². The third-order valence-electron chi connectivity index (χ3n) is 3.02. The van der Waals surface area contributed by atoms with Crippen LogP contribution in [0, 0.1) is 5.92 Å². The maximum absolute atomic E-state index is 11.6. The fraction of sp³-hybridized carbons (Fsp3) is 0.400. The van der Waals surface area contributed by atoms with E-state index in [0.29, 0.717) is 5.92 Å². The number of hydrogen-bond donors (Lipinski definition) is 1. The average Bonchev–Trinajstić information content (AvgIpc) is 2.39. The summed E-state index contributed by atoms with van der Waals surface area (Å²) in [5.41, 5.74) is 1.02. The minimum atomic E-state index is -0.0233. The zero-order chi connectivity index (χ0) is 13.4. The lowest BCUT2D eigenvalue weighted by atomic mass is 10.0. The van der Waals surface area contributed by atoms with E-state index in [1.165, 1.54) is 0 Å². The molecular formula is C15H20BrNO. The summed E-state index contributed by atoms with van der Waals surface area (Å²) in [4.78, 5) is 11.6. The second kappa shape index (κ2) is 8.09. The minimum Gasteiger partial charge on any atom is -0.352 e. The van der Waals surface area contributed by atoms with Crippen molar-refractivity contribution < 1.29 is 4.79 Å². The maximum atomic E-state index is 11.6. The molecular weight excluding hydrogens is 290 g/mol. The lowest BCUT2D eigenvalue weighted by molar-refractivity contribution is -0.116. The summed E-state index contributed by atoms with van der Waals surface area (Å²) < 4.78 is 1.04. The molecule has 0 atom stereocenters. The Balaban J connectivity index is 2.42. The van der Waals surface area contributed by atoms with Gasteiger partial charge in [-0.2, -0.15) is 0 Å². The maximum Gasteiger partial charge on any atom is 0.244 e. The first-order valence-corrected chi connectivity index (χ1v) is 7.16. The summed E-state index contributed by atoms with van der Waals surface area (Å²) in [5, 5.41) is 2.93. The summed E-state index contributed by atoms with van der Waals surface area (Å²) in [6.45, 7) is 5.06. The highest BCUT2D eigenvalue weighted by Crippen LogP contribution is 2.11. The third-order valence-corrected chi connectivity index (χ3v) is 3.55. The molecule has 0 aliphatic rings. The van der Waals surface area contributed by atoms with Gasteiger partial charge >= 0.3 is 0 Å². The highest BCUT2D eigenvalue weighted by Gasteiger charge is 2.03. The van der Waals surface area contributed by atoms with E-state index in [1.807, 2.05) is 30.3 Å². The molecule has 1 aromatic rings. The quantitative estimate of drug-likeness (QED) is 0.790. The zero-order valence-corrected chi connectivity index (χ0v) is 12.5. The van der Waals surface area contributed by atoms with Crippen LogP contribution < -0.4 is 5.32 Å². The van der Waals surface area contributed by atoms with E-state index >= 15 is 0 Å². The number of nitrogens with one attached hydrogen (secondary N) is 1. The lowest BCUT2D eigenvalue weighted by Gasteiger charge is -2.11. The van der Waals surface area contributed by atoms with E-state index in [9.17, 15) is 4.79 Å². The molecule has 1 rings (SSSR count). The minimum absolute atomic E-state index is 0.0233. The summed E-state index contributed by atoms with van der Waals surface area (Å²) in [5.74, 6) is 0.555. The molecule has 0 aliphatic heterocycles. The normalized spacial score (nSPS) is 11.1. The molecule has 0 heterocycles. The van der Waals surface area contributed by atoms with Gasteiger partial charge in [-0.05, 0) is 29.7 Å². The first-order valence-electron chi connectivity index (χ1n) is 6.37. The SMILES string of the molecule is CCC(CC)CNC(=O)/C=C/c1ccc(Br)cc1. The average molecular weight is 310 g/mol. The Labute approximate surface area is 118 Å². The number of hydrogen-bond acceptors (Lipinski definition) is 1. The number of carbonyl (C=O) groups is 1. The van der Waals surface area contributed by atoms with Gasteiger partial charge in [-0.25, -0.2) is 0 Å². The van der Waals surface area contributed by atoms with Crippen molar-refractivity contribution in [2.75, 3.05) is 6.54 Å². The van der Waals surface area contributed by atoms with Crippen LogP contribution in [0.4, 0.5) is 0 Å². The molecule has 2 nitrogen and oxygen atoms in total.